The van der Waals surface area contributed by atoms with Gasteiger partial charge in [-0.15, -0.1) is 0 Å². The van der Waals surface area contributed by atoms with Crippen molar-refractivity contribution >= 4 is 5.97 Å². The van der Waals surface area contributed by atoms with E-state index in [4.69, 9.17) is 0 Å². The minimum absolute atomic E-state index is 0.131. The Bertz CT molecular complexity index is 201. The van der Waals surface area contributed by atoms with E-state index in [1.54, 1.807) is 0 Å². The summed E-state index contributed by atoms with van der Waals surface area (Å²) in [7, 11) is 1.43. The van der Waals surface area contributed by atoms with E-state index in [-0.39, 0.29) is 5.97 Å². The van der Waals surface area contributed by atoms with Crippen LogP contribution in [0.1, 0.15) is 26.2 Å². The molecule has 1 N–H and O–H groups in total. The highest BCUT2D eigenvalue weighted by molar-refractivity contribution is 5.69. The van der Waals surface area contributed by atoms with Gasteiger partial charge in [-0.3, -0.25) is 4.79 Å². The maximum atomic E-state index is 10.9. The number of esters is 1. The zero-order chi connectivity index (χ0) is 11.8. The first-order chi connectivity index (χ1) is 7.76. The first kappa shape index (κ1) is 13.5. The molecule has 0 aromatic rings. The largest absolute Gasteiger partial charge is 0.469 e. The lowest BCUT2D eigenvalue weighted by Gasteiger charge is -2.31. The second-order valence-electron chi connectivity index (χ2n) is 4.41. The molecule has 1 aliphatic rings. The number of likely N-dealkylation sites (tertiary alicyclic amines) is 1. The number of rotatable bonds is 6. The van der Waals surface area contributed by atoms with E-state index in [1.165, 1.54) is 39.6 Å². The predicted octanol–water partition coefficient (Wildman–Crippen LogP) is 0.871. The van der Waals surface area contributed by atoms with Crippen molar-refractivity contribution < 1.29 is 9.53 Å². The Hall–Kier alpha value is -0.610. The number of piperidine rings is 1. The van der Waals surface area contributed by atoms with Crippen molar-refractivity contribution in [1.82, 2.24) is 10.2 Å². The zero-order valence-electron chi connectivity index (χ0n) is 10.5. The predicted molar refractivity (Wildman–Crippen MR) is 64.3 cm³/mol. The average Bonchev–Trinajstić information content (AvgIpc) is 2.35. The number of methoxy groups -OCH3 is 1. The number of carbonyl (C=O) groups is 1. The van der Waals surface area contributed by atoms with Crippen molar-refractivity contribution in [1.29, 1.82) is 0 Å². The summed E-state index contributed by atoms with van der Waals surface area (Å²) in [5.41, 5.74) is 0. The molecule has 0 atom stereocenters. The lowest BCUT2D eigenvalue weighted by Crippen LogP contribution is -2.37. The van der Waals surface area contributed by atoms with Gasteiger partial charge in [0, 0.05) is 6.54 Å². The monoisotopic (exact) mass is 228 g/mol. The molecule has 0 aromatic carbocycles. The Morgan fingerprint density at radius 2 is 2.12 bits per heavy atom. The van der Waals surface area contributed by atoms with Gasteiger partial charge >= 0.3 is 5.97 Å². The minimum atomic E-state index is -0.131. The Balaban J connectivity index is 2.00. The molecule has 1 saturated heterocycles. The molecule has 1 aliphatic heterocycles. The van der Waals surface area contributed by atoms with Gasteiger partial charge in [0.25, 0.3) is 0 Å². The van der Waals surface area contributed by atoms with E-state index in [1.807, 2.05) is 0 Å². The molecule has 0 spiro atoms. The highest BCUT2D eigenvalue weighted by Crippen LogP contribution is 2.15. The first-order valence-electron chi connectivity index (χ1n) is 6.26. The summed E-state index contributed by atoms with van der Waals surface area (Å²) in [6.07, 6.45) is 3.03. The summed E-state index contributed by atoms with van der Waals surface area (Å²) in [4.78, 5) is 13.4. The maximum Gasteiger partial charge on any atom is 0.306 e. The van der Waals surface area contributed by atoms with Crippen LogP contribution in [0.15, 0.2) is 0 Å². The number of hydrogen-bond donors (Lipinski definition) is 1. The summed E-state index contributed by atoms with van der Waals surface area (Å²) < 4.78 is 4.59. The number of carbonyl (C=O) groups excluding carboxylic acids is 1. The number of hydrogen-bond acceptors (Lipinski definition) is 4. The Labute approximate surface area is 98.3 Å². The molecule has 0 bridgehead atoms. The third-order valence-electron chi connectivity index (χ3n) is 3.32. The van der Waals surface area contributed by atoms with Crippen LogP contribution < -0.4 is 5.32 Å². The van der Waals surface area contributed by atoms with E-state index in [2.05, 4.69) is 21.9 Å². The fraction of sp³-hybridized carbons (Fsp3) is 0.917. The summed E-state index contributed by atoms with van der Waals surface area (Å²) in [6, 6.07) is 0. The van der Waals surface area contributed by atoms with E-state index in [9.17, 15) is 4.79 Å². The average molecular weight is 228 g/mol. The number of nitrogens with zero attached hydrogens (tertiary/aromatic N) is 1. The van der Waals surface area contributed by atoms with Crippen LogP contribution in [0.2, 0.25) is 0 Å². The molecule has 16 heavy (non-hydrogen) atoms. The third-order valence-corrected chi connectivity index (χ3v) is 3.32. The van der Waals surface area contributed by atoms with Crippen LogP contribution in [0.25, 0.3) is 0 Å². The van der Waals surface area contributed by atoms with Gasteiger partial charge in [-0.2, -0.15) is 0 Å². The first-order valence-corrected chi connectivity index (χ1v) is 6.26. The van der Waals surface area contributed by atoms with Crippen LogP contribution >= 0.6 is 0 Å². The Kier molecular flexibility index (Phi) is 6.42. The SMILES string of the molecule is CCN1CCC(CNCCC(=O)OC)CC1. The van der Waals surface area contributed by atoms with Gasteiger partial charge in [0.15, 0.2) is 0 Å². The Morgan fingerprint density at radius 3 is 2.69 bits per heavy atom. The smallest absolute Gasteiger partial charge is 0.306 e. The summed E-state index contributed by atoms with van der Waals surface area (Å²) in [5.74, 6) is 0.647. The molecular formula is C12H24N2O2. The van der Waals surface area contributed by atoms with Crippen molar-refractivity contribution in [2.45, 2.75) is 26.2 Å². The maximum absolute atomic E-state index is 10.9. The van der Waals surface area contributed by atoms with E-state index in [0.29, 0.717) is 6.42 Å². The van der Waals surface area contributed by atoms with Gasteiger partial charge in [-0.25, -0.2) is 0 Å². The van der Waals surface area contributed by atoms with Crippen LogP contribution in [0.3, 0.4) is 0 Å². The van der Waals surface area contributed by atoms with Crippen molar-refractivity contribution in [3.8, 4) is 0 Å². The van der Waals surface area contributed by atoms with E-state index in [0.717, 1.165) is 19.0 Å². The quantitative estimate of drug-likeness (QED) is 0.541. The highest BCUT2D eigenvalue weighted by atomic mass is 16.5. The van der Waals surface area contributed by atoms with E-state index >= 15 is 0 Å². The second-order valence-corrected chi connectivity index (χ2v) is 4.41. The van der Waals surface area contributed by atoms with Gasteiger partial charge in [0.2, 0.25) is 0 Å². The van der Waals surface area contributed by atoms with Crippen molar-refractivity contribution in [2.75, 3.05) is 39.8 Å². The molecule has 1 fully saturated rings. The fourth-order valence-corrected chi connectivity index (χ4v) is 2.11. The zero-order valence-corrected chi connectivity index (χ0v) is 10.5. The molecule has 4 nitrogen and oxygen atoms in total. The molecule has 1 rings (SSSR count). The summed E-state index contributed by atoms with van der Waals surface area (Å²) >= 11 is 0. The molecule has 0 unspecified atom stereocenters. The van der Waals surface area contributed by atoms with Crippen LogP contribution in [0.5, 0.6) is 0 Å². The molecule has 94 valence electrons. The van der Waals surface area contributed by atoms with Gasteiger partial charge < -0.3 is 15.0 Å². The molecule has 0 saturated carbocycles. The summed E-state index contributed by atoms with van der Waals surface area (Å²) in [5, 5.41) is 3.33. The standard InChI is InChI=1S/C12H24N2O2/c1-3-14-8-5-11(6-9-14)10-13-7-4-12(15)16-2/h11,13H,3-10H2,1-2H3. The molecule has 0 amide bonds. The lowest BCUT2D eigenvalue weighted by molar-refractivity contribution is -0.140. The molecule has 1 heterocycles. The topological polar surface area (TPSA) is 41.6 Å². The molecule has 0 aliphatic carbocycles. The molecule has 0 aromatic heterocycles. The molecular weight excluding hydrogens is 204 g/mol. The fourth-order valence-electron chi connectivity index (χ4n) is 2.11. The van der Waals surface area contributed by atoms with Gasteiger partial charge in [0.05, 0.1) is 13.5 Å². The van der Waals surface area contributed by atoms with Gasteiger partial charge in [-0.1, -0.05) is 6.92 Å². The van der Waals surface area contributed by atoms with Crippen LogP contribution in [0, 0.1) is 5.92 Å². The second kappa shape index (κ2) is 7.63. The molecule has 0 radical (unpaired) electrons. The summed E-state index contributed by atoms with van der Waals surface area (Å²) in [6.45, 7) is 7.60. The minimum Gasteiger partial charge on any atom is -0.469 e. The van der Waals surface area contributed by atoms with Crippen molar-refractivity contribution in [3.63, 3.8) is 0 Å². The van der Waals surface area contributed by atoms with Gasteiger partial charge in [0.1, 0.15) is 0 Å². The van der Waals surface area contributed by atoms with Crippen LogP contribution in [-0.4, -0.2) is 50.7 Å². The van der Waals surface area contributed by atoms with Crippen LogP contribution in [-0.2, 0) is 9.53 Å². The highest BCUT2D eigenvalue weighted by Gasteiger charge is 2.17. The number of ether oxygens (including phenoxy) is 1. The Morgan fingerprint density at radius 1 is 1.44 bits per heavy atom. The lowest BCUT2D eigenvalue weighted by atomic mass is 9.97. The van der Waals surface area contributed by atoms with Gasteiger partial charge in [-0.05, 0) is 44.9 Å². The van der Waals surface area contributed by atoms with Crippen molar-refractivity contribution in [3.05, 3.63) is 0 Å². The van der Waals surface area contributed by atoms with Crippen LogP contribution in [0.4, 0.5) is 0 Å². The van der Waals surface area contributed by atoms with Crippen molar-refractivity contribution in [2.24, 2.45) is 5.92 Å². The third kappa shape index (κ3) is 4.94. The number of nitrogens with one attached hydrogen (secondary N) is 1. The normalized spacial score (nSPS) is 18.6. The van der Waals surface area contributed by atoms with E-state index < -0.39 is 0 Å². The molecule has 4 heteroatoms.